The van der Waals surface area contributed by atoms with E-state index in [1.807, 2.05) is 24.3 Å². The van der Waals surface area contributed by atoms with Gasteiger partial charge in [0.1, 0.15) is 4.88 Å². The van der Waals surface area contributed by atoms with Crippen LogP contribution in [-0.4, -0.2) is 35.9 Å². The Morgan fingerprint density at radius 2 is 1.74 bits per heavy atom. The van der Waals surface area contributed by atoms with Gasteiger partial charge in [0.15, 0.2) is 5.11 Å². The fraction of sp³-hybridized carbons (Fsp3) is 0.105. The highest BCUT2D eigenvalue weighted by Crippen LogP contribution is 2.35. The maximum absolute atomic E-state index is 12.6. The second kappa shape index (κ2) is 8.04. The van der Waals surface area contributed by atoms with Gasteiger partial charge in [-0.3, -0.25) is 14.9 Å². The number of rotatable bonds is 3. The largest absolute Gasteiger partial charge is 0.345 e. The Kier molecular flexibility index (Phi) is 5.74. The first-order chi connectivity index (χ1) is 12.9. The topological polar surface area (TPSA) is 61.4 Å². The number of halogens is 1. The first kappa shape index (κ1) is 19.3. The van der Waals surface area contributed by atoms with Gasteiger partial charge in [-0.15, -0.1) is 11.3 Å². The van der Waals surface area contributed by atoms with Crippen molar-refractivity contribution in [1.29, 1.82) is 0 Å². The number of benzene rings is 2. The van der Waals surface area contributed by atoms with Crippen LogP contribution in [0.15, 0.2) is 48.5 Å². The average Bonchev–Trinajstić information content (AvgIpc) is 2.98. The molecule has 0 aliphatic rings. The minimum Gasteiger partial charge on any atom is -0.345 e. The van der Waals surface area contributed by atoms with Gasteiger partial charge in [0.25, 0.3) is 11.8 Å². The van der Waals surface area contributed by atoms with Gasteiger partial charge >= 0.3 is 0 Å². The van der Waals surface area contributed by atoms with Gasteiger partial charge in [-0.1, -0.05) is 41.9 Å². The highest BCUT2D eigenvalue weighted by molar-refractivity contribution is 7.80. The normalized spacial score (nSPS) is 10.5. The van der Waals surface area contributed by atoms with Crippen molar-refractivity contribution >= 4 is 67.9 Å². The van der Waals surface area contributed by atoms with Crippen LogP contribution in [0.5, 0.6) is 0 Å². The van der Waals surface area contributed by atoms with Crippen LogP contribution in [0, 0.1) is 0 Å². The average molecular weight is 418 g/mol. The molecule has 0 aliphatic heterocycles. The predicted molar refractivity (Wildman–Crippen MR) is 115 cm³/mol. The molecular weight excluding hydrogens is 402 g/mol. The second-order valence-corrected chi connectivity index (χ2v) is 7.73. The molecule has 2 aromatic carbocycles. The predicted octanol–water partition coefficient (Wildman–Crippen LogP) is 4.38. The van der Waals surface area contributed by atoms with Crippen LogP contribution in [0.3, 0.4) is 0 Å². The maximum Gasteiger partial charge on any atom is 0.269 e. The quantitative estimate of drug-likeness (QED) is 0.621. The Hall–Kier alpha value is -2.48. The van der Waals surface area contributed by atoms with Gasteiger partial charge in [0.2, 0.25) is 0 Å². The standard InChI is InChI=1S/C19H16ClN3O2S2/c1-23(2)18(25)11-7-3-5-9-13(11)21-19(26)22-17(24)16-15(20)12-8-4-6-10-14(12)27-16/h3-10H,1-2H3,(H2,21,22,24,26). The van der Waals surface area contributed by atoms with Crippen molar-refractivity contribution in [3.8, 4) is 0 Å². The molecule has 27 heavy (non-hydrogen) atoms. The Morgan fingerprint density at radius 1 is 1.07 bits per heavy atom. The summed E-state index contributed by atoms with van der Waals surface area (Å²) in [6.45, 7) is 0. The summed E-state index contributed by atoms with van der Waals surface area (Å²) in [5, 5.41) is 6.86. The highest BCUT2D eigenvalue weighted by atomic mass is 35.5. The molecule has 138 valence electrons. The lowest BCUT2D eigenvalue weighted by atomic mass is 10.1. The van der Waals surface area contributed by atoms with E-state index in [2.05, 4.69) is 10.6 Å². The fourth-order valence-corrected chi connectivity index (χ4v) is 4.11. The molecule has 2 N–H and O–H groups in total. The number of amides is 2. The zero-order valence-corrected chi connectivity index (χ0v) is 17.0. The van der Waals surface area contributed by atoms with Crippen LogP contribution < -0.4 is 10.6 Å². The molecule has 3 rings (SSSR count). The van der Waals surface area contributed by atoms with Gasteiger partial charge in [-0.2, -0.15) is 0 Å². The second-order valence-electron chi connectivity index (χ2n) is 5.89. The van der Waals surface area contributed by atoms with Crippen molar-refractivity contribution in [1.82, 2.24) is 10.2 Å². The number of fused-ring (bicyclic) bond motifs is 1. The third kappa shape index (κ3) is 4.10. The van der Waals surface area contributed by atoms with Crippen LogP contribution in [-0.2, 0) is 0 Å². The fourth-order valence-electron chi connectivity index (χ4n) is 2.49. The molecule has 1 aromatic heterocycles. The van der Waals surface area contributed by atoms with Crippen molar-refractivity contribution < 1.29 is 9.59 Å². The number of hydrogen-bond acceptors (Lipinski definition) is 4. The number of hydrogen-bond donors (Lipinski definition) is 2. The number of carbonyl (C=O) groups is 2. The summed E-state index contributed by atoms with van der Waals surface area (Å²) in [4.78, 5) is 26.7. The van der Waals surface area contributed by atoms with E-state index in [4.69, 9.17) is 23.8 Å². The third-order valence-electron chi connectivity index (χ3n) is 3.78. The molecule has 0 saturated heterocycles. The van der Waals surface area contributed by atoms with Gasteiger partial charge in [-0.25, -0.2) is 0 Å². The van der Waals surface area contributed by atoms with E-state index in [1.54, 1.807) is 38.4 Å². The summed E-state index contributed by atoms with van der Waals surface area (Å²) < 4.78 is 0.924. The van der Waals surface area contributed by atoms with E-state index in [0.29, 0.717) is 21.2 Å². The van der Waals surface area contributed by atoms with E-state index in [0.717, 1.165) is 10.1 Å². The number of nitrogens with one attached hydrogen (secondary N) is 2. The SMILES string of the molecule is CN(C)C(=O)c1ccccc1NC(=S)NC(=O)c1sc2ccccc2c1Cl. The molecular formula is C19H16ClN3O2S2. The van der Waals surface area contributed by atoms with Crippen LogP contribution in [0.1, 0.15) is 20.0 Å². The molecule has 0 atom stereocenters. The summed E-state index contributed by atoms with van der Waals surface area (Å²) in [6, 6.07) is 14.5. The first-order valence-corrected chi connectivity index (χ1v) is 9.59. The van der Waals surface area contributed by atoms with Gasteiger partial charge in [0, 0.05) is 24.2 Å². The molecule has 8 heteroatoms. The lowest BCUT2D eigenvalue weighted by Crippen LogP contribution is -2.34. The maximum atomic E-state index is 12.6. The number of thiophene rings is 1. The molecule has 0 saturated carbocycles. The molecule has 1 heterocycles. The van der Waals surface area contributed by atoms with Crippen molar-refractivity contribution in [3.63, 3.8) is 0 Å². The zero-order chi connectivity index (χ0) is 19.6. The van der Waals surface area contributed by atoms with Crippen molar-refractivity contribution in [2.24, 2.45) is 0 Å². The van der Waals surface area contributed by atoms with Crippen LogP contribution in [0.2, 0.25) is 5.02 Å². The summed E-state index contributed by atoms with van der Waals surface area (Å²) in [6.07, 6.45) is 0. The minimum atomic E-state index is -0.393. The number of anilines is 1. The lowest BCUT2D eigenvalue weighted by Gasteiger charge is -2.15. The van der Waals surface area contributed by atoms with E-state index in [9.17, 15) is 9.59 Å². The van der Waals surface area contributed by atoms with Crippen molar-refractivity contribution in [2.75, 3.05) is 19.4 Å². The number of para-hydroxylation sites is 1. The Bertz CT molecular complexity index is 1050. The van der Waals surface area contributed by atoms with Gasteiger partial charge in [-0.05, 0) is 30.4 Å². The Labute approximate surface area is 170 Å². The summed E-state index contributed by atoms with van der Waals surface area (Å²) in [5.41, 5.74) is 0.975. The molecule has 0 unspecified atom stereocenters. The summed E-state index contributed by atoms with van der Waals surface area (Å²) in [7, 11) is 3.34. The van der Waals surface area contributed by atoms with E-state index in [-0.39, 0.29) is 11.0 Å². The van der Waals surface area contributed by atoms with Crippen LogP contribution in [0.4, 0.5) is 5.69 Å². The smallest absolute Gasteiger partial charge is 0.269 e. The Morgan fingerprint density at radius 3 is 2.44 bits per heavy atom. The van der Waals surface area contributed by atoms with Gasteiger partial charge < -0.3 is 10.2 Å². The lowest BCUT2D eigenvalue weighted by molar-refractivity contribution is 0.0828. The highest BCUT2D eigenvalue weighted by Gasteiger charge is 2.19. The number of nitrogens with zero attached hydrogens (tertiary/aromatic N) is 1. The van der Waals surface area contributed by atoms with E-state index in [1.165, 1.54) is 16.2 Å². The number of thiocarbonyl (C=S) groups is 1. The van der Waals surface area contributed by atoms with Crippen molar-refractivity contribution in [3.05, 3.63) is 64.0 Å². The molecule has 5 nitrogen and oxygen atoms in total. The van der Waals surface area contributed by atoms with Gasteiger partial charge in [0.05, 0.1) is 16.3 Å². The minimum absolute atomic E-state index is 0.0903. The van der Waals surface area contributed by atoms with E-state index < -0.39 is 5.91 Å². The molecule has 0 aliphatic carbocycles. The molecule has 0 spiro atoms. The summed E-state index contributed by atoms with van der Waals surface area (Å²) in [5.74, 6) is -0.560. The van der Waals surface area contributed by atoms with Crippen LogP contribution >= 0.6 is 35.2 Å². The Balaban J connectivity index is 1.77. The zero-order valence-electron chi connectivity index (χ0n) is 14.6. The summed E-state index contributed by atoms with van der Waals surface area (Å²) >= 11 is 12.9. The first-order valence-electron chi connectivity index (χ1n) is 7.98. The molecule has 3 aromatic rings. The van der Waals surface area contributed by atoms with Crippen LogP contribution in [0.25, 0.3) is 10.1 Å². The molecule has 0 radical (unpaired) electrons. The monoisotopic (exact) mass is 417 g/mol. The number of carbonyl (C=O) groups excluding carboxylic acids is 2. The third-order valence-corrected chi connectivity index (χ3v) is 5.66. The molecule has 2 amide bonds. The molecule has 0 fully saturated rings. The van der Waals surface area contributed by atoms with E-state index >= 15 is 0 Å². The molecule has 0 bridgehead atoms. The van der Waals surface area contributed by atoms with Crippen molar-refractivity contribution in [2.45, 2.75) is 0 Å².